The predicted molar refractivity (Wildman–Crippen MR) is 93.5 cm³/mol. The highest BCUT2D eigenvalue weighted by Crippen LogP contribution is 2.28. The van der Waals surface area contributed by atoms with E-state index in [1.807, 2.05) is 30.3 Å². The average Bonchev–Trinajstić information content (AvgIpc) is 2.61. The molecule has 1 aliphatic rings. The number of aromatic nitrogens is 2. The topological polar surface area (TPSA) is 58.1 Å². The number of nitrogens with zero attached hydrogens (tertiary/aromatic N) is 3. The zero-order chi connectivity index (χ0) is 16.1. The van der Waals surface area contributed by atoms with Crippen molar-refractivity contribution in [2.45, 2.75) is 25.3 Å². The molecule has 0 saturated carbocycles. The first kappa shape index (κ1) is 15.9. The van der Waals surface area contributed by atoms with E-state index < -0.39 is 0 Å². The lowest BCUT2D eigenvalue weighted by Crippen LogP contribution is -2.47. The summed E-state index contributed by atoms with van der Waals surface area (Å²) in [4.78, 5) is 22.9. The molecule has 1 aromatic carbocycles. The molecule has 1 fully saturated rings. The molecule has 1 aromatic heterocycles. The summed E-state index contributed by atoms with van der Waals surface area (Å²) >= 11 is 3.52. The average molecular weight is 375 g/mol. The standard InChI is InChI=1S/C17H19BrN4O/c18-15-11-19-12-21-16(15)22-9-5-4-8-14(22)10-20-17(23)13-6-2-1-3-7-13/h1-3,6-7,11-12,14H,4-5,8-10H2,(H,20,23)/t14-/m0/s1. The molecular formula is C17H19BrN4O. The van der Waals surface area contributed by atoms with Gasteiger partial charge in [-0.3, -0.25) is 4.79 Å². The molecule has 0 radical (unpaired) electrons. The lowest BCUT2D eigenvalue weighted by molar-refractivity contribution is 0.0949. The number of anilines is 1. The molecule has 1 amide bonds. The van der Waals surface area contributed by atoms with Gasteiger partial charge in [0.05, 0.1) is 4.47 Å². The molecule has 1 N–H and O–H groups in total. The van der Waals surface area contributed by atoms with Crippen molar-refractivity contribution in [2.24, 2.45) is 0 Å². The van der Waals surface area contributed by atoms with E-state index in [1.165, 1.54) is 6.42 Å². The van der Waals surface area contributed by atoms with Crippen molar-refractivity contribution in [3.63, 3.8) is 0 Å². The zero-order valence-corrected chi connectivity index (χ0v) is 14.4. The van der Waals surface area contributed by atoms with Gasteiger partial charge in [-0.1, -0.05) is 18.2 Å². The Kier molecular flexibility index (Phi) is 5.23. The third-order valence-electron chi connectivity index (χ3n) is 4.08. The first-order valence-corrected chi connectivity index (χ1v) is 8.60. The van der Waals surface area contributed by atoms with E-state index in [1.54, 1.807) is 12.5 Å². The molecule has 1 saturated heterocycles. The minimum absolute atomic E-state index is 0.0297. The lowest BCUT2D eigenvalue weighted by atomic mass is 10.0. The molecule has 0 aliphatic carbocycles. The van der Waals surface area contributed by atoms with Crippen LogP contribution in [0.5, 0.6) is 0 Å². The summed E-state index contributed by atoms with van der Waals surface area (Å²) in [5, 5.41) is 3.05. The maximum Gasteiger partial charge on any atom is 0.251 e. The molecule has 0 bridgehead atoms. The van der Waals surface area contributed by atoms with Crippen molar-refractivity contribution < 1.29 is 4.79 Å². The monoisotopic (exact) mass is 374 g/mol. The van der Waals surface area contributed by atoms with Crippen LogP contribution in [0.4, 0.5) is 5.82 Å². The second-order valence-corrected chi connectivity index (χ2v) is 6.47. The molecule has 3 rings (SSSR count). The molecule has 1 atom stereocenters. The number of carbonyl (C=O) groups excluding carboxylic acids is 1. The van der Waals surface area contributed by atoms with Crippen molar-refractivity contribution in [3.05, 3.63) is 52.9 Å². The van der Waals surface area contributed by atoms with E-state index >= 15 is 0 Å². The second-order valence-electron chi connectivity index (χ2n) is 5.61. The fourth-order valence-corrected chi connectivity index (χ4v) is 3.36. The highest BCUT2D eigenvalue weighted by Gasteiger charge is 2.25. The van der Waals surface area contributed by atoms with Crippen LogP contribution in [0.1, 0.15) is 29.6 Å². The summed E-state index contributed by atoms with van der Waals surface area (Å²) < 4.78 is 0.890. The highest BCUT2D eigenvalue weighted by molar-refractivity contribution is 9.10. The van der Waals surface area contributed by atoms with Crippen molar-refractivity contribution in [1.29, 1.82) is 0 Å². The van der Waals surface area contributed by atoms with Crippen molar-refractivity contribution in [1.82, 2.24) is 15.3 Å². The Labute approximate surface area is 144 Å². The number of benzene rings is 1. The van der Waals surface area contributed by atoms with Gasteiger partial charge in [-0.05, 0) is 47.3 Å². The van der Waals surface area contributed by atoms with E-state index in [0.29, 0.717) is 12.1 Å². The molecule has 2 aromatic rings. The van der Waals surface area contributed by atoms with E-state index in [2.05, 4.69) is 36.1 Å². The van der Waals surface area contributed by atoms with Crippen LogP contribution in [-0.4, -0.2) is 35.0 Å². The Hall–Kier alpha value is -1.95. The molecule has 0 spiro atoms. The van der Waals surface area contributed by atoms with Gasteiger partial charge in [0.25, 0.3) is 5.91 Å². The van der Waals surface area contributed by atoms with Crippen molar-refractivity contribution >= 4 is 27.7 Å². The van der Waals surface area contributed by atoms with Gasteiger partial charge in [-0.15, -0.1) is 0 Å². The maximum atomic E-state index is 12.2. The summed E-state index contributed by atoms with van der Waals surface area (Å²) in [7, 11) is 0. The van der Waals surface area contributed by atoms with Gasteiger partial charge in [-0.2, -0.15) is 0 Å². The first-order chi connectivity index (χ1) is 11.3. The Bertz CT molecular complexity index is 665. The minimum atomic E-state index is -0.0297. The Morgan fingerprint density at radius 2 is 2.13 bits per heavy atom. The van der Waals surface area contributed by atoms with Crippen LogP contribution < -0.4 is 10.2 Å². The summed E-state index contributed by atoms with van der Waals surface area (Å²) in [5.74, 6) is 0.872. The third-order valence-corrected chi connectivity index (χ3v) is 4.64. The van der Waals surface area contributed by atoms with Gasteiger partial charge in [0.1, 0.15) is 12.1 Å². The summed E-state index contributed by atoms with van der Waals surface area (Å²) in [6.45, 7) is 1.56. The number of hydrogen-bond donors (Lipinski definition) is 1. The largest absolute Gasteiger partial charge is 0.351 e. The van der Waals surface area contributed by atoms with E-state index in [4.69, 9.17) is 0 Å². The van der Waals surface area contributed by atoms with E-state index in [-0.39, 0.29) is 11.9 Å². The van der Waals surface area contributed by atoms with Crippen LogP contribution >= 0.6 is 15.9 Å². The Morgan fingerprint density at radius 1 is 1.30 bits per heavy atom. The zero-order valence-electron chi connectivity index (χ0n) is 12.8. The van der Waals surface area contributed by atoms with Crippen molar-refractivity contribution in [2.75, 3.05) is 18.0 Å². The van der Waals surface area contributed by atoms with Crippen molar-refractivity contribution in [3.8, 4) is 0 Å². The molecule has 2 heterocycles. The second kappa shape index (κ2) is 7.55. The Balaban J connectivity index is 1.68. The number of halogens is 1. The number of carbonyl (C=O) groups is 1. The smallest absolute Gasteiger partial charge is 0.251 e. The van der Waals surface area contributed by atoms with E-state index in [0.717, 1.165) is 29.7 Å². The predicted octanol–water partition coefficient (Wildman–Crippen LogP) is 3.03. The Morgan fingerprint density at radius 3 is 2.91 bits per heavy atom. The quantitative estimate of drug-likeness (QED) is 0.893. The fourth-order valence-electron chi connectivity index (χ4n) is 2.91. The highest BCUT2D eigenvalue weighted by atomic mass is 79.9. The lowest BCUT2D eigenvalue weighted by Gasteiger charge is -2.37. The first-order valence-electron chi connectivity index (χ1n) is 7.81. The van der Waals surface area contributed by atoms with Gasteiger partial charge < -0.3 is 10.2 Å². The van der Waals surface area contributed by atoms with E-state index in [9.17, 15) is 4.79 Å². The van der Waals surface area contributed by atoms with Gasteiger partial charge in [0, 0.05) is 30.9 Å². The SMILES string of the molecule is O=C(NC[C@@H]1CCCCN1c1ncncc1Br)c1ccccc1. The minimum Gasteiger partial charge on any atom is -0.351 e. The summed E-state index contributed by atoms with van der Waals surface area (Å²) in [6.07, 6.45) is 6.68. The molecular weight excluding hydrogens is 356 g/mol. The molecule has 5 nitrogen and oxygen atoms in total. The van der Waals surface area contributed by atoms with Crippen LogP contribution in [0.2, 0.25) is 0 Å². The van der Waals surface area contributed by atoms with Gasteiger partial charge in [-0.25, -0.2) is 9.97 Å². The summed E-state index contributed by atoms with van der Waals surface area (Å²) in [5.41, 5.74) is 0.693. The number of amides is 1. The van der Waals surface area contributed by atoms with Crippen LogP contribution in [0.3, 0.4) is 0 Å². The van der Waals surface area contributed by atoms with Crippen LogP contribution in [-0.2, 0) is 0 Å². The molecule has 23 heavy (non-hydrogen) atoms. The normalized spacial score (nSPS) is 17.8. The molecule has 120 valence electrons. The van der Waals surface area contributed by atoms with Crippen LogP contribution in [0, 0.1) is 0 Å². The number of piperidine rings is 1. The van der Waals surface area contributed by atoms with Crippen LogP contribution in [0.15, 0.2) is 47.3 Å². The maximum absolute atomic E-state index is 12.2. The van der Waals surface area contributed by atoms with Crippen LogP contribution in [0.25, 0.3) is 0 Å². The molecule has 0 unspecified atom stereocenters. The molecule has 6 heteroatoms. The van der Waals surface area contributed by atoms with Gasteiger partial charge >= 0.3 is 0 Å². The molecule has 1 aliphatic heterocycles. The summed E-state index contributed by atoms with van der Waals surface area (Å²) in [6, 6.07) is 9.57. The third kappa shape index (κ3) is 3.88. The number of hydrogen-bond acceptors (Lipinski definition) is 4. The number of rotatable bonds is 4. The van der Waals surface area contributed by atoms with Gasteiger partial charge in [0.15, 0.2) is 0 Å². The fraction of sp³-hybridized carbons (Fsp3) is 0.353. The van der Waals surface area contributed by atoms with Gasteiger partial charge in [0.2, 0.25) is 0 Å². The number of nitrogens with one attached hydrogen (secondary N) is 1.